The van der Waals surface area contributed by atoms with Gasteiger partial charge in [-0.15, -0.1) is 0 Å². The van der Waals surface area contributed by atoms with Crippen molar-refractivity contribution in [3.63, 3.8) is 0 Å². The van der Waals surface area contributed by atoms with Gasteiger partial charge in [0.05, 0.1) is 0 Å². The van der Waals surface area contributed by atoms with Crippen molar-refractivity contribution in [1.82, 2.24) is 5.32 Å². The van der Waals surface area contributed by atoms with Crippen molar-refractivity contribution < 1.29 is 4.74 Å². The predicted molar refractivity (Wildman–Crippen MR) is 73.8 cm³/mol. The molecule has 1 unspecified atom stereocenters. The van der Waals surface area contributed by atoms with Crippen LogP contribution in [0, 0.1) is 6.92 Å². The molecule has 0 fully saturated rings. The minimum Gasteiger partial charge on any atom is -0.489 e. The van der Waals surface area contributed by atoms with Crippen molar-refractivity contribution in [2.45, 2.75) is 26.8 Å². The van der Waals surface area contributed by atoms with Gasteiger partial charge in [-0.05, 0) is 45.0 Å². The summed E-state index contributed by atoms with van der Waals surface area (Å²) in [6.45, 7) is 6.65. The van der Waals surface area contributed by atoms with Crippen molar-refractivity contribution >= 4 is 11.6 Å². The van der Waals surface area contributed by atoms with E-state index in [0.717, 1.165) is 11.3 Å². The molecule has 0 aromatic heterocycles. The molecule has 0 saturated heterocycles. The van der Waals surface area contributed by atoms with E-state index in [1.54, 1.807) is 5.54 Å². The highest BCUT2D eigenvalue weighted by molar-refractivity contribution is 6.25. The van der Waals surface area contributed by atoms with Crippen LogP contribution in [-0.2, 0) is 0 Å². The molecule has 0 amide bonds. The van der Waals surface area contributed by atoms with Crippen LogP contribution in [0.3, 0.4) is 0 Å². The zero-order valence-electron chi connectivity index (χ0n) is 10.9. The van der Waals surface area contributed by atoms with Crippen LogP contribution in [0.15, 0.2) is 29.3 Å². The largest absolute Gasteiger partial charge is 0.489 e. The Balaban J connectivity index is 2.91. The molecule has 1 N–H and O–H groups in total. The summed E-state index contributed by atoms with van der Waals surface area (Å²) in [5, 5.41) is 3.22. The van der Waals surface area contributed by atoms with E-state index in [9.17, 15) is 0 Å². The Kier molecular flexibility index (Phi) is 5.52. The van der Waals surface area contributed by atoms with Gasteiger partial charge in [-0.2, -0.15) is 0 Å². The van der Waals surface area contributed by atoms with E-state index in [1.807, 2.05) is 14.0 Å². The third-order valence-electron chi connectivity index (χ3n) is 2.71. The van der Waals surface area contributed by atoms with Crippen LogP contribution in [0.2, 0.25) is 0 Å². The molecule has 0 bridgehead atoms. The standard InChI is InChI=1S/C14H20ClNO/c1-10-5-6-13(12(3)16-4)14(7-10)17-9-11(2)8-15/h5-8,12,16H,9H2,1-4H3/b11-8+. The fraction of sp³-hybridized carbons (Fsp3) is 0.429. The Hall–Kier alpha value is -0.990. The highest BCUT2D eigenvalue weighted by Crippen LogP contribution is 2.26. The van der Waals surface area contributed by atoms with Crippen LogP contribution < -0.4 is 10.1 Å². The fourth-order valence-corrected chi connectivity index (χ4v) is 1.57. The maximum atomic E-state index is 5.80. The van der Waals surface area contributed by atoms with Gasteiger partial charge in [-0.3, -0.25) is 0 Å². The van der Waals surface area contributed by atoms with Gasteiger partial charge in [-0.1, -0.05) is 23.7 Å². The number of halogens is 1. The SMILES string of the molecule is CNC(C)c1ccc(C)cc1OC/C(C)=C/Cl. The third kappa shape index (κ3) is 4.06. The van der Waals surface area contributed by atoms with Crippen molar-refractivity contribution in [1.29, 1.82) is 0 Å². The molecular weight excluding hydrogens is 234 g/mol. The number of benzene rings is 1. The van der Waals surface area contributed by atoms with Crippen LogP contribution in [-0.4, -0.2) is 13.7 Å². The normalized spacial score (nSPS) is 13.6. The first kappa shape index (κ1) is 14.1. The number of nitrogens with one attached hydrogen (secondary N) is 1. The second-order valence-electron chi connectivity index (χ2n) is 4.30. The fourth-order valence-electron chi connectivity index (χ4n) is 1.50. The van der Waals surface area contributed by atoms with E-state index in [0.29, 0.717) is 6.61 Å². The van der Waals surface area contributed by atoms with Crippen molar-refractivity contribution in [2.24, 2.45) is 0 Å². The van der Waals surface area contributed by atoms with Crippen molar-refractivity contribution in [3.8, 4) is 5.75 Å². The second kappa shape index (κ2) is 6.67. The molecule has 17 heavy (non-hydrogen) atoms. The minimum absolute atomic E-state index is 0.269. The maximum absolute atomic E-state index is 5.80. The summed E-state index contributed by atoms with van der Waals surface area (Å²) in [5.41, 5.74) is 4.92. The Morgan fingerprint density at radius 3 is 2.82 bits per heavy atom. The van der Waals surface area contributed by atoms with Crippen molar-refractivity contribution in [3.05, 3.63) is 40.4 Å². The van der Waals surface area contributed by atoms with Gasteiger partial charge in [-0.25, -0.2) is 0 Å². The van der Waals surface area contributed by atoms with E-state index >= 15 is 0 Å². The second-order valence-corrected chi connectivity index (χ2v) is 4.51. The molecule has 3 heteroatoms. The lowest BCUT2D eigenvalue weighted by Gasteiger charge is -2.17. The van der Waals surface area contributed by atoms with Crippen LogP contribution in [0.5, 0.6) is 5.75 Å². The zero-order chi connectivity index (χ0) is 12.8. The minimum atomic E-state index is 0.269. The van der Waals surface area contributed by atoms with Crippen LogP contribution in [0.1, 0.15) is 31.0 Å². The van der Waals surface area contributed by atoms with E-state index in [4.69, 9.17) is 16.3 Å². The quantitative estimate of drug-likeness (QED) is 0.862. The van der Waals surface area contributed by atoms with Crippen LogP contribution in [0.25, 0.3) is 0 Å². The van der Waals surface area contributed by atoms with Crippen LogP contribution >= 0.6 is 11.6 Å². The van der Waals surface area contributed by atoms with Gasteiger partial charge in [0.1, 0.15) is 12.4 Å². The van der Waals surface area contributed by atoms with E-state index < -0.39 is 0 Å². The number of aryl methyl sites for hydroxylation is 1. The third-order valence-corrected chi connectivity index (χ3v) is 3.08. The van der Waals surface area contributed by atoms with Gasteiger partial charge >= 0.3 is 0 Å². The maximum Gasteiger partial charge on any atom is 0.124 e. The summed E-state index contributed by atoms with van der Waals surface area (Å²) in [6, 6.07) is 6.53. The molecule has 0 aliphatic rings. The Morgan fingerprint density at radius 1 is 1.53 bits per heavy atom. The van der Waals surface area contributed by atoms with E-state index in [1.165, 1.54) is 11.1 Å². The van der Waals surface area contributed by atoms with Crippen LogP contribution in [0.4, 0.5) is 0 Å². The first-order chi connectivity index (χ1) is 8.08. The topological polar surface area (TPSA) is 21.3 Å². The molecule has 1 aromatic rings. The Labute approximate surface area is 109 Å². The summed E-state index contributed by atoms with van der Waals surface area (Å²) >= 11 is 5.62. The Bertz CT molecular complexity index is 401. The summed E-state index contributed by atoms with van der Waals surface area (Å²) in [6.07, 6.45) is 0. The Morgan fingerprint density at radius 2 is 2.24 bits per heavy atom. The van der Waals surface area contributed by atoms with Gasteiger partial charge < -0.3 is 10.1 Å². The molecule has 94 valence electrons. The average Bonchev–Trinajstić information content (AvgIpc) is 2.35. The summed E-state index contributed by atoms with van der Waals surface area (Å²) in [7, 11) is 1.94. The van der Waals surface area contributed by atoms with Gasteiger partial charge in [0.2, 0.25) is 0 Å². The predicted octanol–water partition coefficient (Wildman–Crippen LogP) is 3.80. The highest BCUT2D eigenvalue weighted by atomic mass is 35.5. The first-order valence-electron chi connectivity index (χ1n) is 5.75. The highest BCUT2D eigenvalue weighted by Gasteiger charge is 2.10. The molecule has 0 saturated carbocycles. The molecular formula is C14H20ClNO. The lowest BCUT2D eigenvalue weighted by Crippen LogP contribution is -2.14. The average molecular weight is 254 g/mol. The molecule has 0 aliphatic heterocycles. The van der Waals surface area contributed by atoms with Gasteiger partial charge in [0.15, 0.2) is 0 Å². The molecule has 0 heterocycles. The summed E-state index contributed by atoms with van der Waals surface area (Å²) < 4.78 is 5.80. The number of hydrogen-bond acceptors (Lipinski definition) is 2. The molecule has 0 spiro atoms. The molecule has 0 radical (unpaired) electrons. The first-order valence-corrected chi connectivity index (χ1v) is 6.18. The lowest BCUT2D eigenvalue weighted by molar-refractivity contribution is 0.344. The lowest BCUT2D eigenvalue weighted by atomic mass is 10.1. The monoisotopic (exact) mass is 253 g/mol. The van der Waals surface area contributed by atoms with E-state index in [2.05, 4.69) is 37.4 Å². The zero-order valence-corrected chi connectivity index (χ0v) is 11.6. The number of hydrogen-bond donors (Lipinski definition) is 1. The smallest absolute Gasteiger partial charge is 0.124 e. The number of ether oxygens (including phenoxy) is 1. The molecule has 1 atom stereocenters. The van der Waals surface area contributed by atoms with E-state index in [-0.39, 0.29) is 6.04 Å². The van der Waals surface area contributed by atoms with Crippen molar-refractivity contribution in [2.75, 3.05) is 13.7 Å². The summed E-state index contributed by atoms with van der Waals surface area (Å²) in [5.74, 6) is 0.921. The molecule has 2 nitrogen and oxygen atoms in total. The molecule has 1 rings (SSSR count). The molecule has 0 aliphatic carbocycles. The summed E-state index contributed by atoms with van der Waals surface area (Å²) in [4.78, 5) is 0. The van der Waals surface area contributed by atoms with Gasteiger partial charge in [0, 0.05) is 17.1 Å². The molecule has 1 aromatic carbocycles. The van der Waals surface area contributed by atoms with Gasteiger partial charge in [0.25, 0.3) is 0 Å². The number of rotatable bonds is 5.